The van der Waals surface area contributed by atoms with Gasteiger partial charge in [-0.05, 0) is 36.1 Å². The minimum Gasteiger partial charge on any atom is -0.334 e. The first kappa shape index (κ1) is 14.6. The van der Waals surface area contributed by atoms with Crippen molar-refractivity contribution in [3.05, 3.63) is 48.3 Å². The number of benzene rings is 1. The average molecular weight is 298 g/mol. The zero-order valence-electron chi connectivity index (χ0n) is 12.9. The Kier molecular flexibility index (Phi) is 4.42. The Balaban J connectivity index is 1.52. The van der Waals surface area contributed by atoms with Crippen molar-refractivity contribution in [3.8, 4) is 5.69 Å². The fraction of sp³-hybridized carbons (Fsp3) is 0.412. The van der Waals surface area contributed by atoms with E-state index in [-0.39, 0.29) is 6.03 Å². The smallest absolute Gasteiger partial charge is 0.317 e. The lowest BCUT2D eigenvalue weighted by molar-refractivity contribution is 0.206. The van der Waals surface area contributed by atoms with E-state index < -0.39 is 0 Å². The SMILES string of the molecule is CCC1CCN(C(=O)NCc2ccc(-n3cccn3)cc2)C1. The van der Waals surface area contributed by atoms with Gasteiger partial charge in [-0.3, -0.25) is 0 Å². The fourth-order valence-electron chi connectivity index (χ4n) is 2.83. The van der Waals surface area contributed by atoms with Gasteiger partial charge < -0.3 is 10.2 Å². The van der Waals surface area contributed by atoms with Gasteiger partial charge in [0.1, 0.15) is 0 Å². The molecule has 0 aliphatic carbocycles. The number of rotatable bonds is 4. The van der Waals surface area contributed by atoms with E-state index >= 15 is 0 Å². The summed E-state index contributed by atoms with van der Waals surface area (Å²) in [4.78, 5) is 14.1. The van der Waals surface area contributed by atoms with E-state index in [4.69, 9.17) is 0 Å². The molecule has 1 aromatic carbocycles. The topological polar surface area (TPSA) is 50.2 Å². The number of carbonyl (C=O) groups is 1. The lowest BCUT2D eigenvalue weighted by Crippen LogP contribution is -2.38. The van der Waals surface area contributed by atoms with Crippen molar-refractivity contribution in [2.24, 2.45) is 5.92 Å². The summed E-state index contributed by atoms with van der Waals surface area (Å²) in [5.41, 5.74) is 2.11. The van der Waals surface area contributed by atoms with E-state index in [1.807, 2.05) is 46.1 Å². The molecule has 5 heteroatoms. The minimum atomic E-state index is 0.0482. The van der Waals surface area contributed by atoms with Crippen LogP contribution in [0.5, 0.6) is 0 Å². The highest BCUT2D eigenvalue weighted by Crippen LogP contribution is 2.18. The van der Waals surface area contributed by atoms with Crippen molar-refractivity contribution in [1.29, 1.82) is 0 Å². The van der Waals surface area contributed by atoms with Crippen molar-refractivity contribution >= 4 is 6.03 Å². The Morgan fingerprint density at radius 3 is 2.82 bits per heavy atom. The molecule has 1 fully saturated rings. The summed E-state index contributed by atoms with van der Waals surface area (Å²) in [6, 6.07) is 10.0. The molecule has 2 aromatic rings. The molecule has 5 nitrogen and oxygen atoms in total. The molecule has 1 saturated heterocycles. The van der Waals surface area contributed by atoms with Gasteiger partial charge in [0.05, 0.1) is 5.69 Å². The third-order valence-corrected chi connectivity index (χ3v) is 4.30. The highest BCUT2D eigenvalue weighted by Gasteiger charge is 2.24. The molecule has 0 bridgehead atoms. The first-order chi connectivity index (χ1) is 10.8. The van der Waals surface area contributed by atoms with Crippen molar-refractivity contribution in [2.75, 3.05) is 13.1 Å². The second-order valence-corrected chi connectivity index (χ2v) is 5.78. The molecule has 116 valence electrons. The van der Waals surface area contributed by atoms with Crippen LogP contribution in [0.4, 0.5) is 4.79 Å². The Morgan fingerprint density at radius 1 is 1.36 bits per heavy atom. The van der Waals surface area contributed by atoms with Gasteiger partial charge in [-0.25, -0.2) is 9.48 Å². The van der Waals surface area contributed by atoms with Gasteiger partial charge in [0.15, 0.2) is 0 Å². The number of hydrogen-bond acceptors (Lipinski definition) is 2. The summed E-state index contributed by atoms with van der Waals surface area (Å²) in [5, 5.41) is 7.20. The Bertz CT molecular complexity index is 606. The Hall–Kier alpha value is -2.30. The lowest BCUT2D eigenvalue weighted by atomic mass is 10.1. The summed E-state index contributed by atoms with van der Waals surface area (Å²) in [7, 11) is 0. The summed E-state index contributed by atoms with van der Waals surface area (Å²) in [6.07, 6.45) is 5.95. The molecule has 1 aromatic heterocycles. The first-order valence-corrected chi connectivity index (χ1v) is 7.88. The van der Waals surface area contributed by atoms with E-state index in [0.29, 0.717) is 12.5 Å². The van der Waals surface area contributed by atoms with Crippen LogP contribution < -0.4 is 5.32 Å². The van der Waals surface area contributed by atoms with E-state index in [1.165, 1.54) is 0 Å². The van der Waals surface area contributed by atoms with Crippen LogP contribution in [0.15, 0.2) is 42.7 Å². The van der Waals surface area contributed by atoms with Crippen LogP contribution in [0.1, 0.15) is 25.3 Å². The molecule has 1 aliphatic heterocycles. The number of carbonyl (C=O) groups excluding carboxylic acids is 1. The van der Waals surface area contributed by atoms with Crippen molar-refractivity contribution < 1.29 is 4.79 Å². The molecule has 1 atom stereocenters. The van der Waals surface area contributed by atoms with Crippen LogP contribution in [-0.2, 0) is 6.54 Å². The maximum absolute atomic E-state index is 12.1. The first-order valence-electron chi connectivity index (χ1n) is 7.88. The number of likely N-dealkylation sites (tertiary alicyclic amines) is 1. The molecule has 2 heterocycles. The van der Waals surface area contributed by atoms with Gasteiger partial charge in [0.2, 0.25) is 0 Å². The van der Waals surface area contributed by atoms with Crippen LogP contribution in [0.25, 0.3) is 5.69 Å². The predicted molar refractivity (Wildman–Crippen MR) is 85.8 cm³/mol. The zero-order valence-corrected chi connectivity index (χ0v) is 12.9. The maximum atomic E-state index is 12.1. The van der Waals surface area contributed by atoms with Crippen LogP contribution in [-0.4, -0.2) is 33.8 Å². The van der Waals surface area contributed by atoms with Gasteiger partial charge in [0, 0.05) is 32.0 Å². The number of urea groups is 1. The second-order valence-electron chi connectivity index (χ2n) is 5.78. The summed E-state index contributed by atoms with van der Waals surface area (Å²) < 4.78 is 1.82. The van der Waals surface area contributed by atoms with Crippen LogP contribution in [0.2, 0.25) is 0 Å². The summed E-state index contributed by atoms with van der Waals surface area (Å²) in [6.45, 7) is 4.52. The molecule has 3 rings (SSSR count). The second kappa shape index (κ2) is 6.64. The van der Waals surface area contributed by atoms with Gasteiger partial charge in [-0.15, -0.1) is 0 Å². The summed E-state index contributed by atoms with van der Waals surface area (Å²) >= 11 is 0. The molecular formula is C17H22N4O. The quantitative estimate of drug-likeness (QED) is 0.943. The highest BCUT2D eigenvalue weighted by atomic mass is 16.2. The Morgan fingerprint density at radius 2 is 2.18 bits per heavy atom. The summed E-state index contributed by atoms with van der Waals surface area (Å²) in [5.74, 6) is 0.666. The average Bonchev–Trinajstić information content (AvgIpc) is 3.24. The zero-order chi connectivity index (χ0) is 15.4. The van der Waals surface area contributed by atoms with Gasteiger partial charge in [0.25, 0.3) is 0 Å². The minimum absolute atomic E-state index is 0.0482. The number of nitrogens with one attached hydrogen (secondary N) is 1. The lowest BCUT2D eigenvalue weighted by Gasteiger charge is -2.17. The molecule has 1 unspecified atom stereocenters. The molecule has 0 saturated carbocycles. The predicted octanol–water partition coefficient (Wildman–Crippen LogP) is 2.81. The van der Waals surface area contributed by atoms with Gasteiger partial charge in [-0.2, -0.15) is 5.10 Å². The van der Waals surface area contributed by atoms with E-state index in [0.717, 1.165) is 37.2 Å². The molecular weight excluding hydrogens is 276 g/mol. The van der Waals surface area contributed by atoms with Crippen molar-refractivity contribution in [1.82, 2.24) is 20.0 Å². The molecule has 0 radical (unpaired) electrons. The fourth-order valence-corrected chi connectivity index (χ4v) is 2.83. The molecule has 0 spiro atoms. The Labute approximate surface area is 130 Å². The molecule has 2 amide bonds. The third-order valence-electron chi connectivity index (χ3n) is 4.30. The number of amides is 2. The number of nitrogens with zero attached hydrogens (tertiary/aromatic N) is 3. The van der Waals surface area contributed by atoms with Gasteiger partial charge >= 0.3 is 6.03 Å². The maximum Gasteiger partial charge on any atom is 0.317 e. The molecule has 1 N–H and O–H groups in total. The number of aromatic nitrogens is 2. The van der Waals surface area contributed by atoms with Gasteiger partial charge in [-0.1, -0.05) is 25.5 Å². The van der Waals surface area contributed by atoms with Crippen LogP contribution in [0.3, 0.4) is 0 Å². The largest absolute Gasteiger partial charge is 0.334 e. The van der Waals surface area contributed by atoms with E-state index in [9.17, 15) is 4.79 Å². The van der Waals surface area contributed by atoms with Crippen molar-refractivity contribution in [3.63, 3.8) is 0 Å². The molecule has 1 aliphatic rings. The normalized spacial score (nSPS) is 17.7. The van der Waals surface area contributed by atoms with Crippen molar-refractivity contribution in [2.45, 2.75) is 26.3 Å². The van der Waals surface area contributed by atoms with Crippen LogP contribution >= 0.6 is 0 Å². The van der Waals surface area contributed by atoms with E-state index in [1.54, 1.807) is 6.20 Å². The standard InChI is InChI=1S/C17H22N4O/c1-2-14-8-11-20(13-14)17(22)18-12-15-4-6-16(7-5-15)21-10-3-9-19-21/h3-7,9-10,14H,2,8,11-13H2,1H3,(H,18,22). The molecule has 22 heavy (non-hydrogen) atoms. The monoisotopic (exact) mass is 298 g/mol. The third kappa shape index (κ3) is 3.30. The number of hydrogen-bond donors (Lipinski definition) is 1. The van der Waals surface area contributed by atoms with E-state index in [2.05, 4.69) is 17.3 Å². The highest BCUT2D eigenvalue weighted by molar-refractivity contribution is 5.74. The van der Waals surface area contributed by atoms with Crippen LogP contribution in [0, 0.1) is 5.92 Å².